The van der Waals surface area contributed by atoms with Gasteiger partial charge in [0.25, 0.3) is 0 Å². The first-order valence-electron chi connectivity index (χ1n) is 6.17. The van der Waals surface area contributed by atoms with Gasteiger partial charge in [0.2, 0.25) is 0 Å². The lowest BCUT2D eigenvalue weighted by Crippen LogP contribution is -2.21. The van der Waals surface area contributed by atoms with Crippen LogP contribution in [0.1, 0.15) is 35.4 Å². The minimum atomic E-state index is 0.0566. The lowest BCUT2D eigenvalue weighted by Gasteiger charge is -2.17. The molecule has 2 aromatic rings. The molecule has 96 valence electrons. The minimum absolute atomic E-state index is 0.0566. The molecule has 2 nitrogen and oxygen atoms in total. The Bertz CT molecular complexity index is 513. The zero-order valence-electron chi connectivity index (χ0n) is 11.0. The number of rotatable bonds is 4. The fourth-order valence-electron chi connectivity index (χ4n) is 2.25. The fraction of sp³-hybridized carbons (Fsp3) is 0.333. The van der Waals surface area contributed by atoms with E-state index in [2.05, 4.69) is 44.3 Å². The summed E-state index contributed by atoms with van der Waals surface area (Å²) in [5, 5.41) is 3.86. The van der Waals surface area contributed by atoms with E-state index < -0.39 is 0 Å². The van der Waals surface area contributed by atoms with Crippen molar-refractivity contribution < 1.29 is 4.42 Å². The highest BCUT2D eigenvalue weighted by Gasteiger charge is 2.17. The largest absolute Gasteiger partial charge is 0.448 e. The molecule has 2 rings (SSSR count). The molecule has 0 aliphatic rings. The van der Waals surface area contributed by atoms with Crippen molar-refractivity contribution in [1.82, 2.24) is 5.32 Å². The average Bonchev–Trinajstić information content (AvgIpc) is 2.71. The number of benzene rings is 1. The molecule has 0 fully saturated rings. The van der Waals surface area contributed by atoms with Gasteiger partial charge in [-0.1, -0.05) is 36.2 Å². The number of nitrogens with one attached hydrogen (secondary N) is 1. The van der Waals surface area contributed by atoms with Crippen LogP contribution in [0.25, 0.3) is 0 Å². The van der Waals surface area contributed by atoms with Crippen LogP contribution in [0.2, 0.25) is 5.22 Å². The molecule has 0 aliphatic carbocycles. The molecular weight excluding hydrogens is 246 g/mol. The number of hydrogen-bond donors (Lipinski definition) is 1. The first-order valence-corrected chi connectivity index (χ1v) is 6.54. The molecule has 1 aromatic carbocycles. The summed E-state index contributed by atoms with van der Waals surface area (Å²) in [4.78, 5) is 0. The van der Waals surface area contributed by atoms with Crippen LogP contribution < -0.4 is 5.32 Å². The van der Waals surface area contributed by atoms with E-state index in [1.54, 1.807) is 6.07 Å². The quantitative estimate of drug-likeness (QED) is 0.892. The van der Waals surface area contributed by atoms with E-state index >= 15 is 0 Å². The predicted octanol–water partition coefficient (Wildman–Crippen LogP) is 4.25. The van der Waals surface area contributed by atoms with E-state index in [1.807, 2.05) is 6.07 Å². The molecular formula is C15H18ClNO. The van der Waals surface area contributed by atoms with Gasteiger partial charge in [-0.3, -0.25) is 0 Å². The van der Waals surface area contributed by atoms with Crippen LogP contribution in [0.5, 0.6) is 0 Å². The zero-order chi connectivity index (χ0) is 13.1. The maximum Gasteiger partial charge on any atom is 0.193 e. The maximum absolute atomic E-state index is 5.86. The normalized spacial score (nSPS) is 12.7. The van der Waals surface area contributed by atoms with Gasteiger partial charge in [-0.15, -0.1) is 0 Å². The summed E-state index contributed by atoms with van der Waals surface area (Å²) in [5.41, 5.74) is 3.72. The summed E-state index contributed by atoms with van der Waals surface area (Å²) in [7, 11) is 0. The smallest absolute Gasteiger partial charge is 0.193 e. The molecule has 1 atom stereocenters. The third kappa shape index (κ3) is 2.95. The van der Waals surface area contributed by atoms with E-state index in [9.17, 15) is 0 Å². The van der Waals surface area contributed by atoms with Crippen LogP contribution in [0.15, 0.2) is 34.7 Å². The van der Waals surface area contributed by atoms with Crippen molar-refractivity contribution in [1.29, 1.82) is 0 Å². The van der Waals surface area contributed by atoms with Crippen LogP contribution in [0.4, 0.5) is 0 Å². The van der Waals surface area contributed by atoms with Crippen molar-refractivity contribution in [3.63, 3.8) is 0 Å². The van der Waals surface area contributed by atoms with Crippen LogP contribution in [-0.4, -0.2) is 6.54 Å². The van der Waals surface area contributed by atoms with Gasteiger partial charge in [-0.25, -0.2) is 0 Å². The monoisotopic (exact) mass is 263 g/mol. The lowest BCUT2D eigenvalue weighted by molar-refractivity contribution is 0.453. The molecule has 3 heteroatoms. The van der Waals surface area contributed by atoms with E-state index in [0.717, 1.165) is 12.3 Å². The molecule has 0 saturated carbocycles. The summed E-state index contributed by atoms with van der Waals surface area (Å²) in [6.07, 6.45) is 0. The highest BCUT2D eigenvalue weighted by molar-refractivity contribution is 6.28. The Hall–Kier alpha value is -1.25. The Labute approximate surface area is 113 Å². The predicted molar refractivity (Wildman–Crippen MR) is 75.2 cm³/mol. The number of aryl methyl sites for hydroxylation is 2. The van der Waals surface area contributed by atoms with Crippen molar-refractivity contribution in [2.24, 2.45) is 0 Å². The van der Waals surface area contributed by atoms with Gasteiger partial charge in [-0.2, -0.15) is 0 Å². The first-order chi connectivity index (χ1) is 8.60. The third-order valence-corrected chi connectivity index (χ3v) is 3.07. The second-order valence-electron chi connectivity index (χ2n) is 4.55. The molecule has 18 heavy (non-hydrogen) atoms. The SMILES string of the molecule is CCNC(c1cc(C)cc(C)c1)c1ccc(Cl)o1. The minimum Gasteiger partial charge on any atom is -0.448 e. The molecule has 0 bridgehead atoms. The van der Waals surface area contributed by atoms with Gasteiger partial charge in [0, 0.05) is 0 Å². The van der Waals surface area contributed by atoms with E-state index in [1.165, 1.54) is 16.7 Å². The first kappa shape index (κ1) is 13.2. The highest BCUT2D eigenvalue weighted by atomic mass is 35.5. The molecule has 0 aliphatic heterocycles. The summed E-state index contributed by atoms with van der Waals surface area (Å²) in [6, 6.07) is 10.3. The second-order valence-corrected chi connectivity index (χ2v) is 4.93. The zero-order valence-corrected chi connectivity index (χ0v) is 11.7. The van der Waals surface area contributed by atoms with Gasteiger partial charge in [-0.05, 0) is 49.7 Å². The summed E-state index contributed by atoms with van der Waals surface area (Å²) >= 11 is 5.86. The number of halogens is 1. The average molecular weight is 264 g/mol. The Morgan fingerprint density at radius 2 is 1.83 bits per heavy atom. The van der Waals surface area contributed by atoms with Crippen molar-refractivity contribution in [3.8, 4) is 0 Å². The molecule has 0 spiro atoms. The summed E-state index contributed by atoms with van der Waals surface area (Å²) in [5.74, 6) is 0.854. The molecule has 1 unspecified atom stereocenters. The van der Waals surface area contributed by atoms with E-state index in [4.69, 9.17) is 16.0 Å². The summed E-state index contributed by atoms with van der Waals surface area (Å²) in [6.45, 7) is 7.17. The van der Waals surface area contributed by atoms with Gasteiger partial charge < -0.3 is 9.73 Å². The Morgan fingerprint density at radius 3 is 2.33 bits per heavy atom. The maximum atomic E-state index is 5.86. The Balaban J connectivity index is 2.40. The fourth-order valence-corrected chi connectivity index (χ4v) is 2.40. The second kappa shape index (κ2) is 5.59. The van der Waals surface area contributed by atoms with Gasteiger partial charge in [0.1, 0.15) is 5.76 Å². The number of furan rings is 1. The van der Waals surface area contributed by atoms with Crippen LogP contribution in [-0.2, 0) is 0 Å². The molecule has 0 amide bonds. The molecule has 1 heterocycles. The van der Waals surface area contributed by atoms with Crippen LogP contribution >= 0.6 is 11.6 Å². The van der Waals surface area contributed by atoms with Crippen LogP contribution in [0.3, 0.4) is 0 Å². The van der Waals surface area contributed by atoms with Crippen molar-refractivity contribution in [2.45, 2.75) is 26.8 Å². The topological polar surface area (TPSA) is 25.2 Å². The van der Waals surface area contributed by atoms with Gasteiger partial charge in [0.05, 0.1) is 6.04 Å². The highest BCUT2D eigenvalue weighted by Crippen LogP contribution is 2.27. The molecule has 1 N–H and O–H groups in total. The van der Waals surface area contributed by atoms with Crippen molar-refractivity contribution in [3.05, 3.63) is 58.0 Å². The van der Waals surface area contributed by atoms with E-state index in [0.29, 0.717) is 5.22 Å². The Morgan fingerprint density at radius 1 is 1.17 bits per heavy atom. The lowest BCUT2D eigenvalue weighted by atomic mass is 9.99. The standard InChI is InChI=1S/C15H18ClNO/c1-4-17-15(13-5-6-14(16)18-13)12-8-10(2)7-11(3)9-12/h5-9,15,17H,4H2,1-3H3. The molecule has 1 aromatic heterocycles. The molecule has 0 saturated heterocycles. The number of hydrogen-bond acceptors (Lipinski definition) is 2. The third-order valence-electron chi connectivity index (χ3n) is 2.86. The summed E-state index contributed by atoms with van der Waals surface area (Å²) < 4.78 is 5.54. The van der Waals surface area contributed by atoms with Gasteiger partial charge in [0.15, 0.2) is 5.22 Å². The van der Waals surface area contributed by atoms with E-state index in [-0.39, 0.29) is 6.04 Å². The Kier molecular flexibility index (Phi) is 4.10. The molecule has 0 radical (unpaired) electrons. The van der Waals surface area contributed by atoms with Crippen molar-refractivity contribution >= 4 is 11.6 Å². The van der Waals surface area contributed by atoms with Crippen LogP contribution in [0, 0.1) is 13.8 Å². The van der Waals surface area contributed by atoms with Crippen molar-refractivity contribution in [2.75, 3.05) is 6.54 Å². The van der Waals surface area contributed by atoms with Gasteiger partial charge >= 0.3 is 0 Å².